The zero-order chi connectivity index (χ0) is 8.97. The summed E-state index contributed by atoms with van der Waals surface area (Å²) in [5.41, 5.74) is 0.868. The van der Waals surface area contributed by atoms with Gasteiger partial charge in [0.1, 0.15) is 5.75 Å². The Balaban J connectivity index is 2.65. The molecule has 0 fully saturated rings. The number of nitrogens with one attached hydrogen (secondary N) is 1. The van der Waals surface area contributed by atoms with E-state index in [1.807, 2.05) is 38.1 Å². The molecule has 0 aliphatic carbocycles. The first-order valence-electron chi connectivity index (χ1n) is 3.85. The summed E-state index contributed by atoms with van der Waals surface area (Å²) in [4.78, 5) is 2.52. The number of rotatable bonds is 3. The summed E-state index contributed by atoms with van der Waals surface area (Å²) in [5, 5.41) is 0. The van der Waals surface area contributed by atoms with Gasteiger partial charge in [-0.2, -0.15) is 0 Å². The average Bonchev–Trinajstić information content (AvgIpc) is 2.05. The van der Waals surface area contributed by atoms with Crippen LogP contribution in [-0.2, 0) is 0 Å². The SMILES string of the molecule is CC(C)Oc1ccc(NCl)cc1. The van der Waals surface area contributed by atoms with Gasteiger partial charge in [-0.05, 0) is 38.1 Å². The molecule has 0 radical (unpaired) electrons. The third kappa shape index (κ3) is 2.62. The lowest BCUT2D eigenvalue weighted by Crippen LogP contribution is -2.05. The van der Waals surface area contributed by atoms with Gasteiger partial charge in [0.05, 0.1) is 6.10 Å². The van der Waals surface area contributed by atoms with Crippen molar-refractivity contribution in [1.82, 2.24) is 0 Å². The number of benzene rings is 1. The van der Waals surface area contributed by atoms with Crippen LogP contribution in [0.3, 0.4) is 0 Å². The van der Waals surface area contributed by atoms with Gasteiger partial charge in [-0.25, -0.2) is 0 Å². The maximum Gasteiger partial charge on any atom is 0.119 e. The molecule has 0 saturated carbocycles. The Morgan fingerprint density at radius 2 is 1.83 bits per heavy atom. The number of hydrogen-bond acceptors (Lipinski definition) is 2. The number of anilines is 1. The average molecular weight is 186 g/mol. The number of hydrogen-bond donors (Lipinski definition) is 1. The summed E-state index contributed by atoms with van der Waals surface area (Å²) in [6.45, 7) is 3.99. The van der Waals surface area contributed by atoms with Crippen LogP contribution in [-0.4, -0.2) is 6.10 Å². The molecule has 1 aromatic carbocycles. The van der Waals surface area contributed by atoms with E-state index in [2.05, 4.69) is 4.84 Å². The largest absolute Gasteiger partial charge is 0.491 e. The van der Waals surface area contributed by atoms with Crippen molar-refractivity contribution in [2.24, 2.45) is 0 Å². The zero-order valence-electron chi connectivity index (χ0n) is 7.17. The molecular formula is C9H12ClNO. The van der Waals surface area contributed by atoms with Crippen molar-refractivity contribution in [3.63, 3.8) is 0 Å². The van der Waals surface area contributed by atoms with Crippen molar-refractivity contribution < 1.29 is 4.74 Å². The number of halogens is 1. The Morgan fingerprint density at radius 1 is 1.25 bits per heavy atom. The van der Waals surface area contributed by atoms with Gasteiger partial charge in [0.25, 0.3) is 0 Å². The van der Waals surface area contributed by atoms with Crippen LogP contribution in [0, 0.1) is 0 Å². The summed E-state index contributed by atoms with van der Waals surface area (Å²) in [5.74, 6) is 0.862. The van der Waals surface area contributed by atoms with Crippen LogP contribution in [0.4, 0.5) is 5.69 Å². The molecule has 0 spiro atoms. The predicted octanol–water partition coefficient (Wildman–Crippen LogP) is 3.04. The fraction of sp³-hybridized carbons (Fsp3) is 0.333. The predicted molar refractivity (Wildman–Crippen MR) is 51.7 cm³/mol. The quantitative estimate of drug-likeness (QED) is 0.731. The second-order valence-corrected chi connectivity index (χ2v) is 2.97. The molecule has 0 heterocycles. The molecule has 0 aliphatic heterocycles. The molecule has 1 rings (SSSR count). The normalized spacial score (nSPS) is 10.0. The van der Waals surface area contributed by atoms with Crippen LogP contribution in [0.2, 0.25) is 0 Å². The van der Waals surface area contributed by atoms with Crippen molar-refractivity contribution in [1.29, 1.82) is 0 Å². The minimum absolute atomic E-state index is 0.208. The highest BCUT2D eigenvalue weighted by Crippen LogP contribution is 2.16. The van der Waals surface area contributed by atoms with Crippen LogP contribution >= 0.6 is 11.8 Å². The highest BCUT2D eigenvalue weighted by Gasteiger charge is 1.96. The first kappa shape index (κ1) is 9.20. The van der Waals surface area contributed by atoms with E-state index in [0.29, 0.717) is 0 Å². The Kier molecular flexibility index (Phi) is 3.23. The van der Waals surface area contributed by atoms with E-state index in [0.717, 1.165) is 11.4 Å². The van der Waals surface area contributed by atoms with Gasteiger partial charge in [-0.1, -0.05) is 0 Å². The second kappa shape index (κ2) is 4.21. The topological polar surface area (TPSA) is 21.3 Å². The van der Waals surface area contributed by atoms with Crippen LogP contribution in [0.5, 0.6) is 5.75 Å². The molecule has 12 heavy (non-hydrogen) atoms. The maximum absolute atomic E-state index is 5.44. The zero-order valence-corrected chi connectivity index (χ0v) is 7.93. The molecule has 1 aromatic rings. The van der Waals surface area contributed by atoms with E-state index in [9.17, 15) is 0 Å². The van der Waals surface area contributed by atoms with Gasteiger partial charge in [0.2, 0.25) is 0 Å². The lowest BCUT2D eigenvalue weighted by Gasteiger charge is -2.09. The molecule has 0 bridgehead atoms. The van der Waals surface area contributed by atoms with Crippen molar-refractivity contribution in [3.8, 4) is 5.75 Å². The van der Waals surface area contributed by atoms with Gasteiger partial charge < -0.3 is 4.74 Å². The monoisotopic (exact) mass is 185 g/mol. The van der Waals surface area contributed by atoms with Crippen molar-refractivity contribution in [2.45, 2.75) is 20.0 Å². The summed E-state index contributed by atoms with van der Waals surface area (Å²) < 4.78 is 5.44. The van der Waals surface area contributed by atoms with E-state index >= 15 is 0 Å². The van der Waals surface area contributed by atoms with Crippen molar-refractivity contribution in [2.75, 3.05) is 4.84 Å². The van der Waals surface area contributed by atoms with Crippen LogP contribution in [0.15, 0.2) is 24.3 Å². The number of ether oxygens (including phenoxy) is 1. The van der Waals surface area contributed by atoms with Gasteiger partial charge in [-0.15, -0.1) is 0 Å². The first-order valence-corrected chi connectivity index (χ1v) is 4.23. The van der Waals surface area contributed by atoms with Crippen molar-refractivity contribution >= 4 is 17.5 Å². The molecule has 3 heteroatoms. The third-order valence-corrected chi connectivity index (χ3v) is 1.55. The Labute approximate surface area is 77.6 Å². The van der Waals surface area contributed by atoms with E-state index < -0.39 is 0 Å². The Hall–Kier alpha value is -0.890. The lowest BCUT2D eigenvalue weighted by molar-refractivity contribution is 0.242. The summed E-state index contributed by atoms with van der Waals surface area (Å²) in [7, 11) is 0. The van der Waals surface area contributed by atoms with Gasteiger partial charge in [0.15, 0.2) is 0 Å². The minimum Gasteiger partial charge on any atom is -0.491 e. The fourth-order valence-corrected chi connectivity index (χ4v) is 0.995. The van der Waals surface area contributed by atoms with Crippen molar-refractivity contribution in [3.05, 3.63) is 24.3 Å². The molecular weight excluding hydrogens is 174 g/mol. The van der Waals surface area contributed by atoms with E-state index in [1.165, 1.54) is 0 Å². The van der Waals surface area contributed by atoms with Gasteiger partial charge >= 0.3 is 0 Å². The highest BCUT2D eigenvalue weighted by atomic mass is 35.5. The van der Waals surface area contributed by atoms with E-state index in [-0.39, 0.29) is 6.10 Å². The molecule has 0 unspecified atom stereocenters. The minimum atomic E-state index is 0.208. The Bertz CT molecular complexity index is 233. The molecule has 0 aliphatic rings. The Morgan fingerprint density at radius 3 is 2.25 bits per heavy atom. The summed E-state index contributed by atoms with van der Waals surface area (Å²) in [6.07, 6.45) is 0.208. The molecule has 2 nitrogen and oxygen atoms in total. The van der Waals surface area contributed by atoms with Crippen LogP contribution in [0.25, 0.3) is 0 Å². The maximum atomic E-state index is 5.44. The highest BCUT2D eigenvalue weighted by molar-refractivity contribution is 6.23. The standard InChI is InChI=1S/C9H12ClNO/c1-7(2)12-9-5-3-8(11-10)4-6-9/h3-7,11H,1-2H3. The summed E-state index contributed by atoms with van der Waals surface area (Å²) >= 11 is 5.39. The third-order valence-electron chi connectivity index (χ3n) is 1.34. The van der Waals surface area contributed by atoms with Gasteiger partial charge in [-0.3, -0.25) is 4.84 Å². The molecule has 1 N–H and O–H groups in total. The molecule has 0 amide bonds. The molecule has 66 valence electrons. The molecule has 0 saturated heterocycles. The van der Waals surface area contributed by atoms with E-state index in [4.69, 9.17) is 16.5 Å². The molecule has 0 aromatic heterocycles. The van der Waals surface area contributed by atoms with E-state index in [1.54, 1.807) is 0 Å². The van der Waals surface area contributed by atoms with Crippen LogP contribution < -0.4 is 9.57 Å². The fourth-order valence-electron chi connectivity index (χ4n) is 0.869. The lowest BCUT2D eigenvalue weighted by atomic mass is 10.3. The smallest absolute Gasteiger partial charge is 0.119 e. The first-order chi connectivity index (χ1) is 5.72. The summed E-state index contributed by atoms with van der Waals surface area (Å²) in [6, 6.07) is 7.49. The molecule has 0 atom stereocenters. The van der Waals surface area contributed by atoms with Gasteiger partial charge in [0, 0.05) is 17.5 Å². The second-order valence-electron chi connectivity index (χ2n) is 2.79. The van der Waals surface area contributed by atoms with Crippen LogP contribution in [0.1, 0.15) is 13.8 Å².